The molecule has 1 aliphatic rings. The minimum atomic E-state index is -0.243. The van der Waals surface area contributed by atoms with Gasteiger partial charge in [0.15, 0.2) is 0 Å². The van der Waals surface area contributed by atoms with Gasteiger partial charge in [0.2, 0.25) is 5.91 Å². The Hall–Kier alpha value is -2.64. The molecule has 3 rings (SSSR count). The van der Waals surface area contributed by atoms with Gasteiger partial charge in [-0.25, -0.2) is 4.98 Å². The van der Waals surface area contributed by atoms with E-state index in [1.165, 1.54) is 0 Å². The number of aryl methyl sites for hydroxylation is 2. The van der Waals surface area contributed by atoms with E-state index in [1.807, 2.05) is 18.5 Å². The number of likely N-dealkylation sites (N-methyl/N-ethyl adjacent to an activating group) is 1. The second-order valence-electron chi connectivity index (χ2n) is 6.13. The summed E-state index contributed by atoms with van der Waals surface area (Å²) in [6.45, 7) is 2.00. The molecular weight excluding hydrogens is 308 g/mol. The van der Waals surface area contributed by atoms with Crippen molar-refractivity contribution in [3.8, 4) is 0 Å². The number of carbonyl (C=O) groups excluding carboxylic acids is 2. The third kappa shape index (κ3) is 2.91. The average molecular weight is 330 g/mol. The highest BCUT2D eigenvalue weighted by atomic mass is 16.2. The number of imidazole rings is 1. The summed E-state index contributed by atoms with van der Waals surface area (Å²) >= 11 is 0. The fourth-order valence-electron chi connectivity index (χ4n) is 3.15. The second-order valence-corrected chi connectivity index (χ2v) is 6.13. The Morgan fingerprint density at radius 3 is 2.88 bits per heavy atom. The van der Waals surface area contributed by atoms with Gasteiger partial charge in [0.25, 0.3) is 5.91 Å². The van der Waals surface area contributed by atoms with Crippen LogP contribution in [0, 0.1) is 0 Å². The third-order valence-corrected chi connectivity index (χ3v) is 4.58. The Labute approximate surface area is 140 Å². The molecule has 0 saturated carbocycles. The molecule has 8 heteroatoms. The normalized spacial score (nSPS) is 21.1. The molecule has 0 aliphatic carbocycles. The molecule has 8 nitrogen and oxygen atoms in total. The number of rotatable bonds is 4. The first-order valence-corrected chi connectivity index (χ1v) is 8.08. The highest BCUT2D eigenvalue weighted by Crippen LogP contribution is 2.30. The van der Waals surface area contributed by atoms with Crippen LogP contribution in [0.2, 0.25) is 0 Å². The summed E-state index contributed by atoms with van der Waals surface area (Å²) in [5.74, 6) is -0.161. The molecule has 2 aromatic heterocycles. The molecule has 0 aromatic carbocycles. The molecule has 0 bridgehead atoms. The van der Waals surface area contributed by atoms with E-state index in [4.69, 9.17) is 0 Å². The van der Waals surface area contributed by atoms with Crippen molar-refractivity contribution in [1.29, 1.82) is 0 Å². The van der Waals surface area contributed by atoms with Gasteiger partial charge >= 0.3 is 0 Å². The number of piperidine rings is 1. The van der Waals surface area contributed by atoms with E-state index in [-0.39, 0.29) is 23.9 Å². The van der Waals surface area contributed by atoms with Crippen LogP contribution < -0.4 is 5.32 Å². The monoisotopic (exact) mass is 330 g/mol. The largest absolute Gasteiger partial charge is 0.345 e. The minimum Gasteiger partial charge on any atom is -0.345 e. The van der Waals surface area contributed by atoms with Crippen LogP contribution in [-0.4, -0.2) is 49.6 Å². The SMILES string of the molecule is CCc1cc(C(=O)N[C@@H]2CCC(=O)N(C)[C@H]2c2cncn2C)n[nH]1. The van der Waals surface area contributed by atoms with Crippen LogP contribution in [0.1, 0.15) is 47.7 Å². The molecule has 3 heterocycles. The van der Waals surface area contributed by atoms with Gasteiger partial charge in [-0.15, -0.1) is 0 Å². The number of nitrogens with one attached hydrogen (secondary N) is 2. The zero-order valence-corrected chi connectivity index (χ0v) is 14.1. The molecule has 1 aliphatic heterocycles. The standard InChI is InChI=1S/C16H22N6O2/c1-4-10-7-12(20-19-10)16(24)18-11-5-6-14(23)22(3)15(11)13-8-17-9-21(13)2/h7-9,11,15H,4-6H2,1-3H3,(H,18,24)(H,19,20)/t11-,15-/m1/s1. The van der Waals surface area contributed by atoms with E-state index in [9.17, 15) is 9.59 Å². The van der Waals surface area contributed by atoms with Crippen LogP contribution in [0.5, 0.6) is 0 Å². The van der Waals surface area contributed by atoms with Crippen molar-refractivity contribution in [2.45, 2.75) is 38.3 Å². The van der Waals surface area contributed by atoms with Crippen LogP contribution in [0.15, 0.2) is 18.6 Å². The molecule has 1 saturated heterocycles. The molecule has 0 spiro atoms. The lowest BCUT2D eigenvalue weighted by molar-refractivity contribution is -0.136. The highest BCUT2D eigenvalue weighted by molar-refractivity contribution is 5.92. The maximum absolute atomic E-state index is 12.5. The summed E-state index contributed by atoms with van der Waals surface area (Å²) in [6, 6.07) is 1.33. The zero-order valence-electron chi connectivity index (χ0n) is 14.1. The summed E-state index contributed by atoms with van der Waals surface area (Å²) < 4.78 is 1.88. The van der Waals surface area contributed by atoms with Gasteiger partial charge in [-0.05, 0) is 18.9 Å². The number of aromatic nitrogens is 4. The molecule has 128 valence electrons. The number of nitrogens with zero attached hydrogens (tertiary/aromatic N) is 4. The fourth-order valence-corrected chi connectivity index (χ4v) is 3.15. The van der Waals surface area contributed by atoms with Gasteiger partial charge in [0.1, 0.15) is 5.69 Å². The minimum absolute atomic E-state index is 0.0692. The first-order chi connectivity index (χ1) is 11.5. The van der Waals surface area contributed by atoms with E-state index in [0.717, 1.165) is 17.8 Å². The number of aromatic amines is 1. The van der Waals surface area contributed by atoms with E-state index < -0.39 is 0 Å². The van der Waals surface area contributed by atoms with Gasteiger partial charge < -0.3 is 14.8 Å². The van der Waals surface area contributed by atoms with Crippen molar-refractivity contribution < 1.29 is 9.59 Å². The lowest BCUT2D eigenvalue weighted by Crippen LogP contribution is -2.51. The molecule has 0 unspecified atom stereocenters. The maximum atomic E-state index is 12.5. The molecule has 24 heavy (non-hydrogen) atoms. The first kappa shape index (κ1) is 16.2. The summed E-state index contributed by atoms with van der Waals surface area (Å²) in [6.07, 6.45) is 5.23. The second kappa shape index (κ2) is 6.46. The van der Waals surface area contributed by atoms with Crippen LogP contribution in [-0.2, 0) is 18.3 Å². The van der Waals surface area contributed by atoms with Gasteiger partial charge in [-0.2, -0.15) is 5.10 Å². The molecule has 2 N–H and O–H groups in total. The summed E-state index contributed by atoms with van der Waals surface area (Å²) in [7, 11) is 3.65. The number of H-pyrrole nitrogens is 1. The molecule has 2 amide bonds. The molecular formula is C16H22N6O2. The maximum Gasteiger partial charge on any atom is 0.272 e. The average Bonchev–Trinajstić information content (AvgIpc) is 3.20. The molecule has 1 fully saturated rings. The van der Waals surface area contributed by atoms with Crippen molar-refractivity contribution in [3.63, 3.8) is 0 Å². The Morgan fingerprint density at radius 2 is 2.25 bits per heavy atom. The highest BCUT2D eigenvalue weighted by Gasteiger charge is 2.37. The lowest BCUT2D eigenvalue weighted by Gasteiger charge is -2.39. The topological polar surface area (TPSA) is 95.9 Å². The predicted octanol–water partition coefficient (Wildman–Crippen LogP) is 0.797. The van der Waals surface area contributed by atoms with E-state index in [2.05, 4.69) is 20.5 Å². The van der Waals surface area contributed by atoms with Crippen LogP contribution in [0.3, 0.4) is 0 Å². The van der Waals surface area contributed by atoms with Gasteiger partial charge in [-0.1, -0.05) is 6.92 Å². The summed E-state index contributed by atoms with van der Waals surface area (Å²) in [5.41, 5.74) is 2.18. The van der Waals surface area contributed by atoms with Crippen LogP contribution >= 0.6 is 0 Å². The van der Waals surface area contributed by atoms with Crippen molar-refractivity contribution in [3.05, 3.63) is 35.7 Å². The van der Waals surface area contributed by atoms with E-state index in [0.29, 0.717) is 18.5 Å². The van der Waals surface area contributed by atoms with Gasteiger partial charge in [-0.3, -0.25) is 14.7 Å². The number of hydrogen-bond donors (Lipinski definition) is 2. The molecule has 2 atom stereocenters. The zero-order chi connectivity index (χ0) is 17.3. The fraction of sp³-hybridized carbons (Fsp3) is 0.500. The smallest absolute Gasteiger partial charge is 0.272 e. The molecule has 0 radical (unpaired) electrons. The number of hydrogen-bond acceptors (Lipinski definition) is 4. The Kier molecular flexibility index (Phi) is 4.37. The van der Waals surface area contributed by atoms with Crippen molar-refractivity contribution >= 4 is 11.8 Å². The number of likely N-dealkylation sites (tertiary alicyclic amines) is 1. The molecule has 2 aromatic rings. The Morgan fingerprint density at radius 1 is 1.46 bits per heavy atom. The predicted molar refractivity (Wildman–Crippen MR) is 87.2 cm³/mol. The summed E-state index contributed by atoms with van der Waals surface area (Å²) in [5, 5.41) is 9.94. The third-order valence-electron chi connectivity index (χ3n) is 4.58. The van der Waals surface area contributed by atoms with Gasteiger partial charge in [0.05, 0.1) is 30.3 Å². The Balaban J connectivity index is 1.83. The quantitative estimate of drug-likeness (QED) is 0.866. The number of carbonyl (C=O) groups is 2. The summed E-state index contributed by atoms with van der Waals surface area (Å²) in [4.78, 5) is 30.5. The van der Waals surface area contributed by atoms with Crippen molar-refractivity contribution in [1.82, 2.24) is 30.0 Å². The van der Waals surface area contributed by atoms with Gasteiger partial charge in [0, 0.05) is 26.2 Å². The van der Waals surface area contributed by atoms with Crippen molar-refractivity contribution in [2.24, 2.45) is 7.05 Å². The van der Waals surface area contributed by atoms with Crippen molar-refractivity contribution in [2.75, 3.05) is 7.05 Å². The van der Waals surface area contributed by atoms with Crippen LogP contribution in [0.4, 0.5) is 0 Å². The van der Waals surface area contributed by atoms with E-state index in [1.54, 1.807) is 30.5 Å². The Bertz CT molecular complexity index is 749. The lowest BCUT2D eigenvalue weighted by atomic mass is 9.93. The van der Waals surface area contributed by atoms with E-state index >= 15 is 0 Å². The van der Waals surface area contributed by atoms with Crippen LogP contribution in [0.25, 0.3) is 0 Å². The first-order valence-electron chi connectivity index (χ1n) is 8.08. The number of amides is 2.